The number of benzene rings is 1. The Kier molecular flexibility index (Phi) is 2.58. The fraction of sp³-hybridized carbons (Fsp3) is 0.167. The minimum absolute atomic E-state index is 0.615. The zero-order chi connectivity index (χ0) is 10.7. The van der Waals surface area contributed by atoms with Gasteiger partial charge in [0.15, 0.2) is 0 Å². The van der Waals surface area contributed by atoms with Crippen LogP contribution in [0, 0.1) is 0 Å². The van der Waals surface area contributed by atoms with Gasteiger partial charge in [0.05, 0.1) is 1.37 Å². The number of nitrogens with one attached hydrogen (secondary N) is 1. The van der Waals surface area contributed by atoms with Crippen molar-refractivity contribution in [2.45, 2.75) is 6.54 Å². The largest absolute Gasteiger partial charge is 0.316 e. The number of thiophene rings is 1. The van der Waals surface area contributed by atoms with Crippen LogP contribution in [0.4, 0.5) is 0 Å². The first-order valence-corrected chi connectivity index (χ1v) is 5.42. The van der Waals surface area contributed by atoms with Crippen LogP contribution in [0.25, 0.3) is 10.4 Å². The molecular weight excluding hydrogens is 190 g/mol. The van der Waals surface area contributed by atoms with E-state index in [0.29, 0.717) is 5.36 Å². The molecule has 1 heterocycles. The number of hydrogen-bond donors (Lipinski definition) is 1. The van der Waals surface area contributed by atoms with E-state index in [-0.39, 0.29) is 0 Å². The molecule has 14 heavy (non-hydrogen) atoms. The zero-order valence-electron chi connectivity index (χ0n) is 9.08. The molecule has 0 spiro atoms. The molecule has 0 saturated carbocycles. The molecule has 1 aromatic heterocycles. The molecule has 0 radical (unpaired) electrons. The van der Waals surface area contributed by atoms with Gasteiger partial charge in [-0.25, -0.2) is 0 Å². The second kappa shape index (κ2) is 4.40. The van der Waals surface area contributed by atoms with Gasteiger partial charge < -0.3 is 5.32 Å². The van der Waals surface area contributed by atoms with Crippen molar-refractivity contribution >= 4 is 11.3 Å². The van der Waals surface area contributed by atoms with Crippen molar-refractivity contribution in [3.63, 3.8) is 0 Å². The molecule has 0 amide bonds. The van der Waals surface area contributed by atoms with Gasteiger partial charge in [-0.1, -0.05) is 30.3 Å². The third kappa shape index (κ3) is 1.86. The molecule has 2 heteroatoms. The van der Waals surface area contributed by atoms with Crippen molar-refractivity contribution in [3.05, 3.63) is 47.3 Å². The van der Waals surface area contributed by atoms with Crippen molar-refractivity contribution in [2.75, 3.05) is 7.05 Å². The maximum Gasteiger partial charge on any atom is 0.0740 e. The van der Waals surface area contributed by atoms with E-state index in [9.17, 15) is 0 Å². The predicted octanol–water partition coefficient (Wildman–Crippen LogP) is 3.13. The fourth-order valence-electron chi connectivity index (χ4n) is 1.49. The minimum atomic E-state index is 0.615. The van der Waals surface area contributed by atoms with E-state index in [1.165, 1.54) is 27.3 Å². The molecule has 0 aliphatic carbocycles. The van der Waals surface area contributed by atoms with Gasteiger partial charge in [-0.15, -0.1) is 11.3 Å². The maximum atomic E-state index is 7.54. The quantitative estimate of drug-likeness (QED) is 0.810. The van der Waals surface area contributed by atoms with E-state index in [0.717, 1.165) is 6.54 Å². The highest BCUT2D eigenvalue weighted by Gasteiger charge is 2.03. The molecule has 0 fully saturated rings. The first-order valence-electron chi connectivity index (χ1n) is 5.10. The molecule has 1 aromatic carbocycles. The Bertz CT molecular complexity index is 450. The number of rotatable bonds is 3. The Labute approximate surface area is 89.8 Å². The molecule has 0 bridgehead atoms. The van der Waals surface area contributed by atoms with E-state index in [4.69, 9.17) is 1.37 Å². The summed E-state index contributed by atoms with van der Waals surface area (Å²) in [5.41, 5.74) is 2.51. The molecule has 0 unspecified atom stereocenters. The van der Waals surface area contributed by atoms with Crippen LogP contribution < -0.4 is 5.32 Å². The lowest BCUT2D eigenvalue weighted by Crippen LogP contribution is -2.05. The Balaban J connectivity index is 2.42. The predicted molar refractivity (Wildman–Crippen MR) is 62.5 cm³/mol. The molecule has 2 rings (SSSR count). The topological polar surface area (TPSA) is 12.0 Å². The highest BCUT2D eigenvalue weighted by atomic mass is 32.1. The van der Waals surface area contributed by atoms with Crippen LogP contribution in [0.2, 0.25) is 0 Å². The van der Waals surface area contributed by atoms with Crippen LogP contribution in [0.15, 0.2) is 41.8 Å². The van der Waals surface area contributed by atoms with Crippen molar-refractivity contribution in [1.29, 1.82) is 0 Å². The van der Waals surface area contributed by atoms with Gasteiger partial charge in [0.25, 0.3) is 0 Å². The van der Waals surface area contributed by atoms with E-state index in [2.05, 4.69) is 17.4 Å². The fourth-order valence-corrected chi connectivity index (χ4v) is 2.20. The van der Waals surface area contributed by atoms with Crippen LogP contribution >= 0.6 is 11.3 Å². The van der Waals surface area contributed by atoms with Gasteiger partial charge in [-0.2, -0.15) is 0 Å². The summed E-state index contributed by atoms with van der Waals surface area (Å²) in [6, 6.07) is 12.2. The minimum Gasteiger partial charge on any atom is -0.316 e. The average Bonchev–Trinajstić information content (AvgIpc) is 2.66. The third-order valence-corrected chi connectivity index (χ3v) is 2.95. The normalized spacial score (nSPS) is 11.4. The summed E-state index contributed by atoms with van der Waals surface area (Å²) in [5, 5.41) is 3.77. The van der Waals surface area contributed by atoms with E-state index < -0.39 is 0 Å². The molecule has 1 nitrogen and oxygen atoms in total. The summed E-state index contributed by atoms with van der Waals surface area (Å²) in [4.78, 5) is 1.17. The first kappa shape index (κ1) is 8.21. The summed E-state index contributed by atoms with van der Waals surface area (Å²) >= 11 is 1.52. The maximum absolute atomic E-state index is 7.54. The average molecular weight is 204 g/mol. The van der Waals surface area contributed by atoms with E-state index in [1.54, 1.807) is 0 Å². The Morgan fingerprint density at radius 1 is 1.29 bits per heavy atom. The van der Waals surface area contributed by atoms with Crippen LogP contribution in [-0.4, -0.2) is 7.05 Å². The van der Waals surface area contributed by atoms with Crippen molar-refractivity contribution in [3.8, 4) is 10.4 Å². The van der Waals surface area contributed by atoms with Crippen LogP contribution in [0.3, 0.4) is 0 Å². The van der Waals surface area contributed by atoms with Gasteiger partial charge in [0.2, 0.25) is 0 Å². The summed E-state index contributed by atoms with van der Waals surface area (Å²) in [6.07, 6.45) is 0. The molecule has 2 aromatic rings. The lowest BCUT2D eigenvalue weighted by Gasteiger charge is -2.06. The van der Waals surface area contributed by atoms with Crippen molar-refractivity contribution < 1.29 is 1.37 Å². The molecular formula is C12H13NS. The summed E-state index contributed by atoms with van der Waals surface area (Å²) in [6.45, 7) is 0.863. The Morgan fingerprint density at radius 2 is 2.14 bits per heavy atom. The Hall–Kier alpha value is -1.12. The molecule has 0 saturated heterocycles. The molecule has 1 N–H and O–H groups in total. The standard InChI is InChI=1S/C12H13NS/c1-13-9-10-5-2-3-6-11(10)12-7-4-8-14-12/h2-8,13H,9H2,1H3/i8D. The summed E-state index contributed by atoms with van der Waals surface area (Å²) in [5.74, 6) is 0. The molecule has 72 valence electrons. The van der Waals surface area contributed by atoms with Crippen molar-refractivity contribution in [2.24, 2.45) is 0 Å². The smallest absolute Gasteiger partial charge is 0.0740 e. The third-order valence-electron chi connectivity index (χ3n) is 2.12. The lowest BCUT2D eigenvalue weighted by molar-refractivity contribution is 0.820. The van der Waals surface area contributed by atoms with Crippen LogP contribution in [-0.2, 0) is 6.54 Å². The van der Waals surface area contributed by atoms with Crippen LogP contribution in [0.5, 0.6) is 0 Å². The zero-order valence-corrected chi connectivity index (χ0v) is 8.90. The van der Waals surface area contributed by atoms with Gasteiger partial charge >= 0.3 is 0 Å². The monoisotopic (exact) mass is 204 g/mol. The summed E-state index contributed by atoms with van der Waals surface area (Å²) < 4.78 is 7.54. The molecule has 0 aliphatic heterocycles. The van der Waals surface area contributed by atoms with Gasteiger partial charge in [0.1, 0.15) is 0 Å². The lowest BCUT2D eigenvalue weighted by atomic mass is 10.1. The van der Waals surface area contributed by atoms with E-state index >= 15 is 0 Å². The van der Waals surface area contributed by atoms with Crippen LogP contribution in [0.1, 0.15) is 6.93 Å². The molecule has 0 aliphatic rings. The Morgan fingerprint density at radius 3 is 2.86 bits per heavy atom. The molecule has 0 atom stereocenters. The highest BCUT2D eigenvalue weighted by Crippen LogP contribution is 2.27. The first-order chi connectivity index (χ1) is 7.31. The van der Waals surface area contributed by atoms with Gasteiger partial charge in [-0.3, -0.25) is 0 Å². The summed E-state index contributed by atoms with van der Waals surface area (Å²) in [7, 11) is 1.95. The number of hydrogen-bond acceptors (Lipinski definition) is 2. The van der Waals surface area contributed by atoms with Crippen molar-refractivity contribution in [1.82, 2.24) is 5.32 Å². The highest BCUT2D eigenvalue weighted by molar-refractivity contribution is 7.13. The second-order valence-corrected chi connectivity index (χ2v) is 3.98. The van der Waals surface area contributed by atoms with Gasteiger partial charge in [-0.05, 0) is 29.6 Å². The van der Waals surface area contributed by atoms with E-state index in [1.807, 2.05) is 31.3 Å². The SMILES string of the molecule is [2H]c1ccc(-c2ccccc2CNC)s1. The van der Waals surface area contributed by atoms with Gasteiger partial charge in [0, 0.05) is 11.4 Å². The second-order valence-electron chi connectivity index (χ2n) is 3.10.